The second-order valence-electron chi connectivity index (χ2n) is 6.82. The molecule has 1 N–H and O–H groups in total. The van der Waals surface area contributed by atoms with Crippen LogP contribution in [0, 0.1) is 11.6 Å². The van der Waals surface area contributed by atoms with Gasteiger partial charge in [-0.1, -0.05) is 6.42 Å². The number of ether oxygens (including phenoxy) is 1. The normalized spacial score (nSPS) is 17.7. The number of nitrogens with one attached hydrogen (secondary N) is 1. The fraction of sp³-hybridized carbons (Fsp3) is 0.350. The zero-order valence-corrected chi connectivity index (χ0v) is 16.7. The number of carbonyl (C=O) groups is 1. The largest absolute Gasteiger partial charge is 0.497 e. The maximum atomic E-state index is 13.8. The van der Waals surface area contributed by atoms with E-state index in [0.29, 0.717) is 31.2 Å². The first-order chi connectivity index (χ1) is 13.8. The van der Waals surface area contributed by atoms with Gasteiger partial charge in [-0.05, 0) is 49.2 Å². The van der Waals surface area contributed by atoms with Gasteiger partial charge in [-0.2, -0.15) is 4.31 Å². The van der Waals surface area contributed by atoms with E-state index in [9.17, 15) is 22.0 Å². The van der Waals surface area contributed by atoms with Gasteiger partial charge in [0, 0.05) is 25.1 Å². The summed E-state index contributed by atoms with van der Waals surface area (Å²) in [6.45, 7) is 0.303. The summed E-state index contributed by atoms with van der Waals surface area (Å²) < 4.78 is 59.3. The minimum absolute atomic E-state index is 0.119. The third kappa shape index (κ3) is 4.91. The summed E-state index contributed by atoms with van der Waals surface area (Å²) in [6, 6.07) is 8.37. The number of amides is 1. The summed E-state index contributed by atoms with van der Waals surface area (Å²) in [6.07, 6.45) is 1.89. The van der Waals surface area contributed by atoms with Crippen molar-refractivity contribution in [3.05, 3.63) is 54.1 Å². The molecule has 1 aliphatic heterocycles. The molecule has 0 aliphatic carbocycles. The predicted molar refractivity (Wildman–Crippen MR) is 104 cm³/mol. The molecule has 0 radical (unpaired) electrons. The van der Waals surface area contributed by atoms with Crippen LogP contribution < -0.4 is 10.1 Å². The molecule has 0 saturated carbocycles. The Bertz CT molecular complexity index is 980. The van der Waals surface area contributed by atoms with Crippen LogP contribution in [0.2, 0.25) is 0 Å². The zero-order chi connectivity index (χ0) is 21.0. The van der Waals surface area contributed by atoms with Crippen LogP contribution in [0.15, 0.2) is 47.4 Å². The van der Waals surface area contributed by atoms with Crippen molar-refractivity contribution in [2.24, 2.45) is 0 Å². The molecular weight excluding hydrogens is 402 g/mol. The molecule has 1 saturated heterocycles. The number of halogens is 2. The molecule has 0 unspecified atom stereocenters. The maximum absolute atomic E-state index is 13.8. The summed E-state index contributed by atoms with van der Waals surface area (Å²) in [5.74, 6) is -1.62. The number of rotatable bonds is 6. The van der Waals surface area contributed by atoms with Crippen molar-refractivity contribution in [3.63, 3.8) is 0 Å². The highest BCUT2D eigenvalue weighted by Crippen LogP contribution is 2.28. The van der Waals surface area contributed by atoms with Crippen LogP contribution in [-0.2, 0) is 14.8 Å². The second-order valence-corrected chi connectivity index (χ2v) is 8.71. The number of piperidine rings is 1. The van der Waals surface area contributed by atoms with Crippen LogP contribution in [0.4, 0.5) is 14.5 Å². The molecule has 2 aromatic carbocycles. The lowest BCUT2D eigenvalue weighted by atomic mass is 10.0. The van der Waals surface area contributed by atoms with Crippen molar-refractivity contribution in [2.75, 3.05) is 19.0 Å². The van der Waals surface area contributed by atoms with Gasteiger partial charge >= 0.3 is 0 Å². The second kappa shape index (κ2) is 8.87. The number of sulfonamides is 1. The summed E-state index contributed by atoms with van der Waals surface area (Å²) >= 11 is 0. The Kier molecular flexibility index (Phi) is 6.49. The van der Waals surface area contributed by atoms with E-state index < -0.39 is 33.6 Å². The Balaban J connectivity index is 1.75. The summed E-state index contributed by atoms with van der Waals surface area (Å²) in [5, 5.41) is 2.39. The van der Waals surface area contributed by atoms with Crippen molar-refractivity contribution in [2.45, 2.75) is 36.6 Å². The van der Waals surface area contributed by atoms with E-state index in [4.69, 9.17) is 4.74 Å². The SMILES string of the molecule is COc1ccc(S(=O)(=O)N2CCCC[C@@H]2CC(=O)Nc2ccc(F)cc2F)cc1. The number of hydrogen-bond donors (Lipinski definition) is 1. The molecule has 0 bridgehead atoms. The van der Waals surface area contributed by atoms with Crippen molar-refractivity contribution in [1.29, 1.82) is 0 Å². The van der Waals surface area contributed by atoms with Gasteiger partial charge in [0.2, 0.25) is 15.9 Å². The average molecular weight is 424 g/mol. The fourth-order valence-corrected chi connectivity index (χ4v) is 5.08. The Labute approximate surface area is 168 Å². The Morgan fingerprint density at radius 1 is 1.17 bits per heavy atom. The van der Waals surface area contributed by atoms with E-state index in [2.05, 4.69) is 5.32 Å². The van der Waals surface area contributed by atoms with Crippen molar-refractivity contribution in [3.8, 4) is 5.75 Å². The highest BCUT2D eigenvalue weighted by Gasteiger charge is 2.34. The van der Waals surface area contributed by atoms with Gasteiger partial charge in [0.15, 0.2) is 0 Å². The zero-order valence-electron chi connectivity index (χ0n) is 15.9. The molecule has 156 valence electrons. The van der Waals surface area contributed by atoms with Crippen LogP contribution in [0.5, 0.6) is 5.75 Å². The maximum Gasteiger partial charge on any atom is 0.243 e. The summed E-state index contributed by atoms with van der Waals surface area (Å²) in [5.41, 5.74) is -0.142. The van der Waals surface area contributed by atoms with E-state index in [-0.39, 0.29) is 17.0 Å². The lowest BCUT2D eigenvalue weighted by Crippen LogP contribution is -2.45. The van der Waals surface area contributed by atoms with Gasteiger partial charge in [0.25, 0.3) is 0 Å². The molecule has 1 heterocycles. The predicted octanol–water partition coefficient (Wildman–Crippen LogP) is 3.55. The van der Waals surface area contributed by atoms with E-state index in [1.165, 1.54) is 23.5 Å². The van der Waals surface area contributed by atoms with E-state index in [0.717, 1.165) is 18.6 Å². The Hall–Kier alpha value is -2.52. The number of methoxy groups -OCH3 is 1. The first-order valence-electron chi connectivity index (χ1n) is 9.22. The van der Waals surface area contributed by atoms with Crippen LogP contribution >= 0.6 is 0 Å². The molecule has 1 amide bonds. The molecule has 6 nitrogen and oxygen atoms in total. The monoisotopic (exact) mass is 424 g/mol. The van der Waals surface area contributed by atoms with Gasteiger partial charge in [0.1, 0.15) is 17.4 Å². The number of hydrogen-bond acceptors (Lipinski definition) is 4. The molecule has 1 atom stereocenters. The van der Waals surface area contributed by atoms with Gasteiger partial charge in [-0.3, -0.25) is 4.79 Å². The minimum Gasteiger partial charge on any atom is -0.497 e. The highest BCUT2D eigenvalue weighted by molar-refractivity contribution is 7.89. The molecule has 0 aromatic heterocycles. The van der Waals surface area contributed by atoms with Crippen LogP contribution in [0.3, 0.4) is 0 Å². The smallest absolute Gasteiger partial charge is 0.243 e. The third-order valence-corrected chi connectivity index (χ3v) is 6.83. The quantitative estimate of drug-likeness (QED) is 0.770. The number of anilines is 1. The van der Waals surface area contributed by atoms with E-state index in [1.54, 1.807) is 12.1 Å². The lowest BCUT2D eigenvalue weighted by Gasteiger charge is -2.34. The Morgan fingerprint density at radius 3 is 2.55 bits per heavy atom. The van der Waals surface area contributed by atoms with Crippen LogP contribution in [-0.4, -0.2) is 38.3 Å². The molecule has 2 aromatic rings. The number of benzene rings is 2. The van der Waals surface area contributed by atoms with Gasteiger partial charge in [-0.15, -0.1) is 0 Å². The summed E-state index contributed by atoms with van der Waals surface area (Å²) in [7, 11) is -2.30. The summed E-state index contributed by atoms with van der Waals surface area (Å²) in [4.78, 5) is 12.5. The molecular formula is C20H22F2N2O4S. The lowest BCUT2D eigenvalue weighted by molar-refractivity contribution is -0.117. The van der Waals surface area contributed by atoms with Crippen LogP contribution in [0.1, 0.15) is 25.7 Å². The fourth-order valence-electron chi connectivity index (χ4n) is 3.38. The number of carbonyl (C=O) groups excluding carboxylic acids is 1. The molecule has 9 heteroatoms. The van der Waals surface area contributed by atoms with Crippen molar-refractivity contribution < 1.29 is 26.7 Å². The average Bonchev–Trinajstić information content (AvgIpc) is 2.70. The van der Waals surface area contributed by atoms with Crippen molar-refractivity contribution in [1.82, 2.24) is 4.31 Å². The van der Waals surface area contributed by atoms with Gasteiger partial charge in [-0.25, -0.2) is 17.2 Å². The van der Waals surface area contributed by atoms with Crippen molar-refractivity contribution >= 4 is 21.6 Å². The van der Waals surface area contributed by atoms with E-state index >= 15 is 0 Å². The first-order valence-corrected chi connectivity index (χ1v) is 10.7. The minimum atomic E-state index is -3.79. The topological polar surface area (TPSA) is 75.7 Å². The molecule has 29 heavy (non-hydrogen) atoms. The van der Waals surface area contributed by atoms with E-state index in [1.807, 2.05) is 0 Å². The first kappa shape index (κ1) is 21.2. The van der Waals surface area contributed by atoms with Gasteiger partial charge < -0.3 is 10.1 Å². The highest BCUT2D eigenvalue weighted by atomic mass is 32.2. The molecule has 1 aliphatic rings. The molecule has 0 spiro atoms. The molecule has 1 fully saturated rings. The standard InChI is InChI=1S/C20H22F2N2O4S/c1-28-16-6-8-17(9-7-16)29(26,27)24-11-3-2-4-15(24)13-20(25)23-19-10-5-14(21)12-18(19)22/h5-10,12,15H,2-4,11,13H2,1H3,(H,23,25)/t15-/m1/s1. The molecule has 3 rings (SSSR count). The Morgan fingerprint density at radius 2 is 1.90 bits per heavy atom. The van der Waals surface area contributed by atoms with Gasteiger partial charge in [0.05, 0.1) is 17.7 Å². The van der Waals surface area contributed by atoms with Crippen LogP contribution in [0.25, 0.3) is 0 Å². The number of nitrogens with zero attached hydrogens (tertiary/aromatic N) is 1. The third-order valence-electron chi connectivity index (χ3n) is 4.87.